The van der Waals surface area contributed by atoms with E-state index < -0.39 is 0 Å². The lowest BCUT2D eigenvalue weighted by molar-refractivity contribution is 0.476. The van der Waals surface area contributed by atoms with Crippen LogP contribution in [0.2, 0.25) is 0 Å². The van der Waals surface area contributed by atoms with E-state index in [0.717, 1.165) is 5.70 Å². The molecular weight excluding hydrogens is 288 g/mol. The predicted octanol–water partition coefficient (Wildman–Crippen LogP) is 4.30. The Morgan fingerprint density at radius 3 is 2.52 bits per heavy atom. The minimum Gasteiger partial charge on any atom is -0.508 e. The molecular formula is C19H24N2O2. The summed E-state index contributed by atoms with van der Waals surface area (Å²) in [5, 5.41) is 10.2. The Labute approximate surface area is 136 Å². The number of phenols is 1. The zero-order valence-electron chi connectivity index (χ0n) is 14.4. The molecule has 2 rings (SSSR count). The summed E-state index contributed by atoms with van der Waals surface area (Å²) in [4.78, 5) is 17.6. The average Bonchev–Trinajstić information content (AvgIpc) is 2.48. The summed E-state index contributed by atoms with van der Waals surface area (Å²) < 4.78 is 1.67. The molecule has 0 aliphatic carbocycles. The van der Waals surface area contributed by atoms with Crippen LogP contribution in [0.1, 0.15) is 46.4 Å². The van der Waals surface area contributed by atoms with Crippen molar-refractivity contribution in [1.82, 2.24) is 9.55 Å². The van der Waals surface area contributed by atoms with Gasteiger partial charge in [-0.25, -0.2) is 4.98 Å². The van der Waals surface area contributed by atoms with E-state index in [2.05, 4.69) is 24.9 Å². The third-order valence-corrected chi connectivity index (χ3v) is 3.60. The Kier molecular flexibility index (Phi) is 5.04. The Hall–Kier alpha value is -2.36. The van der Waals surface area contributed by atoms with Crippen LogP contribution in [0.4, 0.5) is 0 Å². The number of allylic oxidation sites excluding steroid dienone is 4. The maximum atomic E-state index is 13.0. The maximum absolute atomic E-state index is 13.0. The van der Waals surface area contributed by atoms with Crippen molar-refractivity contribution in [2.75, 3.05) is 0 Å². The van der Waals surface area contributed by atoms with Crippen LogP contribution in [0.3, 0.4) is 0 Å². The van der Waals surface area contributed by atoms with Crippen LogP contribution in [-0.4, -0.2) is 14.7 Å². The molecule has 1 aromatic carbocycles. The van der Waals surface area contributed by atoms with E-state index in [0.29, 0.717) is 22.6 Å². The summed E-state index contributed by atoms with van der Waals surface area (Å²) >= 11 is 0. The average molecular weight is 312 g/mol. The maximum Gasteiger partial charge on any atom is 0.265 e. The van der Waals surface area contributed by atoms with Crippen LogP contribution in [0, 0.1) is 5.92 Å². The van der Waals surface area contributed by atoms with Crippen molar-refractivity contribution in [3.8, 4) is 5.75 Å². The number of aromatic hydroxyl groups is 1. The van der Waals surface area contributed by atoms with E-state index in [4.69, 9.17) is 0 Å². The number of phenolic OH excluding ortho intramolecular Hbond substituents is 1. The van der Waals surface area contributed by atoms with Gasteiger partial charge in [0.25, 0.3) is 5.56 Å². The molecule has 122 valence electrons. The van der Waals surface area contributed by atoms with Crippen molar-refractivity contribution in [3.05, 3.63) is 52.6 Å². The lowest BCUT2D eigenvalue weighted by atomic mass is 10.1. The number of nitrogens with zero attached hydrogens (tertiary/aromatic N) is 2. The summed E-state index contributed by atoms with van der Waals surface area (Å²) in [6.45, 7) is 10.1. The Morgan fingerprint density at radius 2 is 1.96 bits per heavy atom. The highest BCUT2D eigenvalue weighted by atomic mass is 16.3. The second-order valence-electron chi connectivity index (χ2n) is 6.28. The highest BCUT2D eigenvalue weighted by Crippen LogP contribution is 2.21. The topological polar surface area (TPSA) is 55.1 Å². The highest BCUT2D eigenvalue weighted by Gasteiger charge is 2.15. The number of benzene rings is 1. The number of fused-ring (bicyclic) bond motifs is 1. The van der Waals surface area contributed by atoms with Gasteiger partial charge in [-0.1, -0.05) is 39.8 Å². The molecule has 0 aliphatic rings. The standard InChI is InChI=1S/C19H24N2O2/c1-6-14(8-7-12(2)3)21-18(13(4)5)20-17-11-15(22)9-10-16(17)19(21)23/h6-13,22H,1-5H3/b8-7-,14-6+. The molecule has 1 N–H and O–H groups in total. The zero-order chi connectivity index (χ0) is 17.1. The first kappa shape index (κ1) is 17.0. The minimum atomic E-state index is -0.111. The number of hydrogen-bond acceptors (Lipinski definition) is 3. The van der Waals surface area contributed by atoms with Crippen LogP contribution in [-0.2, 0) is 0 Å². The van der Waals surface area contributed by atoms with Gasteiger partial charge in [-0.3, -0.25) is 9.36 Å². The van der Waals surface area contributed by atoms with Crippen molar-refractivity contribution in [2.24, 2.45) is 5.92 Å². The number of aromatic nitrogens is 2. The third kappa shape index (κ3) is 3.52. The van der Waals surface area contributed by atoms with E-state index >= 15 is 0 Å². The molecule has 0 amide bonds. The van der Waals surface area contributed by atoms with Gasteiger partial charge in [0.2, 0.25) is 0 Å². The van der Waals surface area contributed by atoms with E-state index in [1.807, 2.05) is 32.9 Å². The largest absolute Gasteiger partial charge is 0.508 e. The van der Waals surface area contributed by atoms with Gasteiger partial charge in [0.05, 0.1) is 10.9 Å². The van der Waals surface area contributed by atoms with Crippen molar-refractivity contribution < 1.29 is 5.11 Å². The second-order valence-corrected chi connectivity index (χ2v) is 6.28. The lowest BCUT2D eigenvalue weighted by Crippen LogP contribution is -2.25. The first-order chi connectivity index (χ1) is 10.8. The van der Waals surface area contributed by atoms with E-state index in [9.17, 15) is 9.90 Å². The quantitative estimate of drug-likeness (QED) is 0.856. The van der Waals surface area contributed by atoms with E-state index in [1.165, 1.54) is 12.1 Å². The SMILES string of the molecule is C/C=C(\C=C/C(C)C)n1c(C(C)C)nc2cc(O)ccc2c1=O. The van der Waals surface area contributed by atoms with Crippen LogP contribution in [0.25, 0.3) is 16.6 Å². The summed E-state index contributed by atoms with van der Waals surface area (Å²) in [5.41, 5.74) is 1.23. The zero-order valence-corrected chi connectivity index (χ0v) is 14.4. The smallest absolute Gasteiger partial charge is 0.265 e. The summed E-state index contributed by atoms with van der Waals surface area (Å²) in [6, 6.07) is 4.68. The van der Waals surface area contributed by atoms with Crippen LogP contribution >= 0.6 is 0 Å². The van der Waals surface area contributed by atoms with Gasteiger partial charge in [0, 0.05) is 17.7 Å². The van der Waals surface area contributed by atoms with Crippen molar-refractivity contribution in [1.29, 1.82) is 0 Å². The molecule has 0 radical (unpaired) electrons. The molecule has 0 bridgehead atoms. The number of hydrogen-bond donors (Lipinski definition) is 1. The van der Waals surface area contributed by atoms with Crippen molar-refractivity contribution in [3.63, 3.8) is 0 Å². The summed E-state index contributed by atoms with van der Waals surface area (Å²) in [5.74, 6) is 1.28. The molecule has 0 spiro atoms. The highest BCUT2D eigenvalue weighted by molar-refractivity contribution is 5.80. The number of rotatable bonds is 4. The molecule has 1 aromatic heterocycles. The Balaban J connectivity index is 2.80. The molecule has 23 heavy (non-hydrogen) atoms. The van der Waals surface area contributed by atoms with Crippen LogP contribution in [0.15, 0.2) is 41.2 Å². The molecule has 4 nitrogen and oxygen atoms in total. The van der Waals surface area contributed by atoms with Crippen molar-refractivity contribution in [2.45, 2.75) is 40.5 Å². The molecule has 4 heteroatoms. The molecule has 0 fully saturated rings. The molecule has 0 saturated heterocycles. The van der Waals surface area contributed by atoms with Gasteiger partial charge in [-0.05, 0) is 31.1 Å². The predicted molar refractivity (Wildman–Crippen MR) is 95.7 cm³/mol. The third-order valence-electron chi connectivity index (χ3n) is 3.60. The van der Waals surface area contributed by atoms with Crippen LogP contribution in [0.5, 0.6) is 5.75 Å². The van der Waals surface area contributed by atoms with E-state index in [1.54, 1.807) is 10.6 Å². The lowest BCUT2D eigenvalue weighted by Gasteiger charge is -2.17. The minimum absolute atomic E-state index is 0.0804. The fourth-order valence-corrected chi connectivity index (χ4v) is 2.42. The first-order valence-corrected chi connectivity index (χ1v) is 7.95. The summed E-state index contributed by atoms with van der Waals surface area (Å²) in [6.07, 6.45) is 5.94. The molecule has 0 saturated carbocycles. The molecule has 0 unspecified atom stereocenters. The van der Waals surface area contributed by atoms with Gasteiger partial charge in [0.15, 0.2) is 0 Å². The van der Waals surface area contributed by atoms with Gasteiger partial charge < -0.3 is 5.11 Å². The van der Waals surface area contributed by atoms with Gasteiger partial charge in [-0.2, -0.15) is 0 Å². The monoisotopic (exact) mass is 312 g/mol. The molecule has 1 heterocycles. The summed E-state index contributed by atoms with van der Waals surface area (Å²) in [7, 11) is 0. The molecule has 2 aromatic rings. The van der Waals surface area contributed by atoms with E-state index in [-0.39, 0.29) is 17.2 Å². The van der Waals surface area contributed by atoms with Crippen molar-refractivity contribution >= 4 is 16.6 Å². The first-order valence-electron chi connectivity index (χ1n) is 7.95. The fourth-order valence-electron chi connectivity index (χ4n) is 2.42. The Bertz CT molecular complexity index is 827. The van der Waals surface area contributed by atoms with Crippen LogP contribution < -0.4 is 5.56 Å². The molecule has 0 atom stereocenters. The van der Waals surface area contributed by atoms with Gasteiger partial charge >= 0.3 is 0 Å². The van der Waals surface area contributed by atoms with Gasteiger partial charge in [-0.15, -0.1) is 0 Å². The Morgan fingerprint density at radius 1 is 1.26 bits per heavy atom. The molecule has 0 aliphatic heterocycles. The normalized spacial score (nSPS) is 12.9. The van der Waals surface area contributed by atoms with Gasteiger partial charge in [0.1, 0.15) is 11.6 Å². The fraction of sp³-hybridized carbons (Fsp3) is 0.368. The second kappa shape index (κ2) is 6.82.